The Labute approximate surface area is 185 Å². The molecule has 0 radical (unpaired) electrons. The van der Waals surface area contributed by atoms with Crippen LogP contribution in [-0.2, 0) is 16.3 Å². The highest BCUT2D eigenvalue weighted by molar-refractivity contribution is 7.90. The van der Waals surface area contributed by atoms with Crippen LogP contribution in [0.1, 0.15) is 37.8 Å². The van der Waals surface area contributed by atoms with Crippen molar-refractivity contribution in [3.05, 3.63) is 41.6 Å². The fourth-order valence-electron chi connectivity index (χ4n) is 4.77. The molecular formula is C24H32N2O4S. The van der Waals surface area contributed by atoms with E-state index in [2.05, 4.69) is 16.0 Å². The van der Waals surface area contributed by atoms with E-state index >= 15 is 0 Å². The second-order valence-electron chi connectivity index (χ2n) is 9.71. The molecule has 2 aliphatic heterocycles. The molecule has 1 aromatic carbocycles. The van der Waals surface area contributed by atoms with Crippen molar-refractivity contribution in [3.63, 3.8) is 0 Å². The number of hydrogen-bond donors (Lipinski definition) is 1. The Hall–Kier alpha value is -1.96. The Balaban J connectivity index is 1.45. The van der Waals surface area contributed by atoms with Crippen LogP contribution in [0, 0.1) is 12.8 Å². The van der Waals surface area contributed by atoms with E-state index < -0.39 is 15.4 Å². The van der Waals surface area contributed by atoms with Crippen molar-refractivity contribution in [2.45, 2.75) is 56.6 Å². The van der Waals surface area contributed by atoms with Gasteiger partial charge in [-0.1, -0.05) is 6.07 Å². The number of aromatic nitrogens is 1. The van der Waals surface area contributed by atoms with E-state index in [1.165, 1.54) is 11.8 Å². The molecule has 6 nitrogen and oxygen atoms in total. The summed E-state index contributed by atoms with van der Waals surface area (Å²) in [5, 5.41) is 10.1. The standard InChI is InChI=1S/C24H32N2O4S/c1-16-11-19(31(4,28)29)5-6-20(16)21-12-18-13-22(30-23(18)14-25-21)17-7-9-26(10-8-17)15-24(2,3)27/h5-6,11-12,14,17,22,27H,7-10,13,15H2,1-4H3. The topological polar surface area (TPSA) is 79.7 Å². The third-order valence-electron chi connectivity index (χ3n) is 6.32. The number of pyridine rings is 1. The van der Waals surface area contributed by atoms with E-state index in [9.17, 15) is 13.5 Å². The molecule has 0 spiro atoms. The third-order valence-corrected chi connectivity index (χ3v) is 7.43. The van der Waals surface area contributed by atoms with Gasteiger partial charge in [0.2, 0.25) is 0 Å². The molecule has 1 saturated heterocycles. The molecule has 1 atom stereocenters. The zero-order chi connectivity index (χ0) is 22.4. The average molecular weight is 445 g/mol. The van der Waals surface area contributed by atoms with Crippen molar-refractivity contribution < 1.29 is 18.3 Å². The van der Waals surface area contributed by atoms with Crippen LogP contribution < -0.4 is 4.74 Å². The van der Waals surface area contributed by atoms with Gasteiger partial charge >= 0.3 is 0 Å². The molecule has 3 heterocycles. The Kier molecular flexibility index (Phi) is 5.87. The van der Waals surface area contributed by atoms with Crippen molar-refractivity contribution in [2.24, 2.45) is 5.92 Å². The molecule has 2 aliphatic rings. The largest absolute Gasteiger partial charge is 0.488 e. The number of piperidine rings is 1. The fraction of sp³-hybridized carbons (Fsp3) is 0.542. The number of benzene rings is 1. The molecule has 1 aromatic heterocycles. The van der Waals surface area contributed by atoms with E-state index in [1.54, 1.807) is 18.3 Å². The minimum atomic E-state index is -3.23. The number of hydrogen-bond acceptors (Lipinski definition) is 6. The van der Waals surface area contributed by atoms with Crippen LogP contribution in [0.4, 0.5) is 0 Å². The van der Waals surface area contributed by atoms with Gasteiger partial charge in [-0.15, -0.1) is 0 Å². The van der Waals surface area contributed by atoms with Gasteiger partial charge in [-0.2, -0.15) is 0 Å². The van der Waals surface area contributed by atoms with E-state index in [4.69, 9.17) is 4.74 Å². The lowest BCUT2D eigenvalue weighted by molar-refractivity contribution is 0.0143. The van der Waals surface area contributed by atoms with E-state index in [1.807, 2.05) is 26.8 Å². The van der Waals surface area contributed by atoms with Gasteiger partial charge in [-0.3, -0.25) is 4.98 Å². The number of fused-ring (bicyclic) bond motifs is 1. The van der Waals surface area contributed by atoms with Crippen LogP contribution in [0.15, 0.2) is 35.4 Å². The van der Waals surface area contributed by atoms with Gasteiger partial charge in [0.05, 0.1) is 22.4 Å². The van der Waals surface area contributed by atoms with Gasteiger partial charge in [-0.05, 0) is 76.4 Å². The first kappa shape index (κ1) is 22.2. The predicted octanol–water partition coefficient (Wildman–Crippen LogP) is 3.25. The smallest absolute Gasteiger partial charge is 0.175 e. The second-order valence-corrected chi connectivity index (χ2v) is 11.7. The Bertz CT molecular complexity index is 1070. The molecule has 1 fully saturated rings. The summed E-state index contributed by atoms with van der Waals surface area (Å²) in [5.41, 5.74) is 3.19. The van der Waals surface area contributed by atoms with E-state index in [0.29, 0.717) is 17.4 Å². The summed E-state index contributed by atoms with van der Waals surface area (Å²) in [6, 6.07) is 7.28. The average Bonchev–Trinajstić information content (AvgIpc) is 3.09. The van der Waals surface area contributed by atoms with Crippen molar-refractivity contribution in [3.8, 4) is 17.0 Å². The first-order valence-corrected chi connectivity index (χ1v) is 12.8. The molecule has 4 rings (SSSR count). The molecule has 2 aromatic rings. The Morgan fingerprint density at radius 2 is 1.94 bits per heavy atom. The summed E-state index contributed by atoms with van der Waals surface area (Å²) in [6.45, 7) is 8.31. The van der Waals surface area contributed by atoms with Crippen LogP contribution in [0.5, 0.6) is 5.75 Å². The summed E-state index contributed by atoms with van der Waals surface area (Å²) >= 11 is 0. The second kappa shape index (κ2) is 8.19. The minimum Gasteiger partial charge on any atom is -0.488 e. The van der Waals surface area contributed by atoms with Gasteiger partial charge in [-0.25, -0.2) is 8.42 Å². The molecule has 7 heteroatoms. The SMILES string of the molecule is Cc1cc(S(C)(=O)=O)ccc1-c1cc2c(cn1)OC(C1CCN(CC(C)(C)O)CC1)C2. The fourth-order valence-corrected chi connectivity index (χ4v) is 5.47. The number of ether oxygens (including phenoxy) is 1. The minimum absolute atomic E-state index is 0.171. The molecule has 0 amide bonds. The maximum atomic E-state index is 11.8. The zero-order valence-corrected chi connectivity index (χ0v) is 19.6. The monoisotopic (exact) mass is 444 g/mol. The molecule has 0 aliphatic carbocycles. The van der Waals surface area contributed by atoms with Crippen LogP contribution >= 0.6 is 0 Å². The number of rotatable bonds is 5. The number of likely N-dealkylation sites (tertiary alicyclic amines) is 1. The highest BCUT2D eigenvalue weighted by atomic mass is 32.2. The Morgan fingerprint density at radius 3 is 2.55 bits per heavy atom. The zero-order valence-electron chi connectivity index (χ0n) is 18.8. The summed E-state index contributed by atoms with van der Waals surface area (Å²) in [6.07, 6.45) is 6.22. The summed E-state index contributed by atoms with van der Waals surface area (Å²) in [7, 11) is -3.23. The van der Waals surface area contributed by atoms with Crippen molar-refractivity contribution in [1.29, 1.82) is 0 Å². The lowest BCUT2D eigenvalue weighted by Crippen LogP contribution is -2.45. The maximum Gasteiger partial charge on any atom is 0.175 e. The quantitative estimate of drug-likeness (QED) is 0.763. The van der Waals surface area contributed by atoms with Gasteiger partial charge in [0, 0.05) is 30.3 Å². The number of aryl methyl sites for hydroxylation is 1. The number of β-amino-alcohol motifs (C(OH)–C–C–N with tert-alkyl or cyclic N) is 1. The molecule has 1 N–H and O–H groups in total. The van der Waals surface area contributed by atoms with Crippen LogP contribution in [-0.4, -0.2) is 61.0 Å². The lowest BCUT2D eigenvalue weighted by Gasteiger charge is -2.36. The van der Waals surface area contributed by atoms with Gasteiger partial charge in [0.25, 0.3) is 0 Å². The first-order chi connectivity index (χ1) is 14.5. The summed E-state index contributed by atoms with van der Waals surface area (Å²) in [5.74, 6) is 1.36. The first-order valence-electron chi connectivity index (χ1n) is 10.9. The number of nitrogens with zero attached hydrogens (tertiary/aromatic N) is 2. The predicted molar refractivity (Wildman–Crippen MR) is 121 cm³/mol. The van der Waals surface area contributed by atoms with Crippen molar-refractivity contribution in [1.82, 2.24) is 9.88 Å². The molecular weight excluding hydrogens is 412 g/mol. The summed E-state index contributed by atoms with van der Waals surface area (Å²) in [4.78, 5) is 7.26. The lowest BCUT2D eigenvalue weighted by atomic mass is 9.88. The van der Waals surface area contributed by atoms with E-state index in [0.717, 1.165) is 54.9 Å². The van der Waals surface area contributed by atoms with Gasteiger partial charge in [0.15, 0.2) is 9.84 Å². The van der Waals surface area contributed by atoms with Crippen molar-refractivity contribution in [2.75, 3.05) is 25.9 Å². The van der Waals surface area contributed by atoms with Gasteiger partial charge in [0.1, 0.15) is 11.9 Å². The van der Waals surface area contributed by atoms with Crippen molar-refractivity contribution >= 4 is 9.84 Å². The highest BCUT2D eigenvalue weighted by Crippen LogP contribution is 2.37. The molecule has 0 saturated carbocycles. The molecule has 168 valence electrons. The van der Waals surface area contributed by atoms with Crippen LogP contribution in [0.25, 0.3) is 11.3 Å². The Morgan fingerprint density at radius 1 is 1.23 bits per heavy atom. The van der Waals surface area contributed by atoms with Crippen LogP contribution in [0.3, 0.4) is 0 Å². The normalized spacial score (nSPS) is 20.5. The molecule has 1 unspecified atom stereocenters. The highest BCUT2D eigenvalue weighted by Gasteiger charge is 2.34. The summed E-state index contributed by atoms with van der Waals surface area (Å²) < 4.78 is 29.9. The van der Waals surface area contributed by atoms with E-state index in [-0.39, 0.29) is 6.10 Å². The maximum absolute atomic E-state index is 11.8. The number of sulfone groups is 1. The molecule has 0 bridgehead atoms. The number of aliphatic hydroxyl groups is 1. The molecule has 31 heavy (non-hydrogen) atoms. The third kappa shape index (κ3) is 5.10. The van der Waals surface area contributed by atoms with Crippen LogP contribution in [0.2, 0.25) is 0 Å². The van der Waals surface area contributed by atoms with Gasteiger partial charge < -0.3 is 14.7 Å².